The number of hydrogen-bond donors (Lipinski definition) is 3. The first-order chi connectivity index (χ1) is 10.9. The summed E-state index contributed by atoms with van der Waals surface area (Å²) in [6, 6.07) is 4.75. The molecule has 0 atom stereocenters. The van der Waals surface area contributed by atoms with Crippen molar-refractivity contribution in [1.82, 2.24) is 10.6 Å². The summed E-state index contributed by atoms with van der Waals surface area (Å²) in [6.07, 6.45) is -2.62. The van der Waals surface area contributed by atoms with Crippen molar-refractivity contribution in [2.45, 2.75) is 46.6 Å². The summed E-state index contributed by atoms with van der Waals surface area (Å²) in [6.45, 7) is 9.55. The number of benzene rings is 1. The molecule has 0 saturated carbocycles. The monoisotopic (exact) mass is 341 g/mol. The van der Waals surface area contributed by atoms with Crippen LogP contribution in [0.15, 0.2) is 24.3 Å². The van der Waals surface area contributed by atoms with Crippen molar-refractivity contribution in [2.24, 2.45) is 5.41 Å². The number of rotatable bonds is 5. The minimum Gasteiger partial charge on any atom is -0.354 e. The molecule has 0 aliphatic carbocycles. The smallest absolute Gasteiger partial charge is 0.320 e. The number of alkyl halides is 2. The van der Waals surface area contributed by atoms with Gasteiger partial charge in [0.2, 0.25) is 5.91 Å². The first-order valence-electron chi connectivity index (χ1n) is 7.66. The van der Waals surface area contributed by atoms with Crippen LogP contribution in [0, 0.1) is 5.41 Å². The van der Waals surface area contributed by atoms with Crippen molar-refractivity contribution in [1.29, 1.82) is 0 Å². The molecule has 0 saturated heterocycles. The second kappa shape index (κ2) is 7.59. The SMILES string of the molecule is CC(C)(C)CNC(=O)C(C)(C)NC(=O)Nc1cccc(C(F)F)c1. The summed E-state index contributed by atoms with van der Waals surface area (Å²) in [5, 5.41) is 7.77. The van der Waals surface area contributed by atoms with Crippen LogP contribution in [0.4, 0.5) is 19.3 Å². The quantitative estimate of drug-likeness (QED) is 0.764. The van der Waals surface area contributed by atoms with Crippen LogP contribution >= 0.6 is 0 Å². The number of carbonyl (C=O) groups excluding carboxylic acids is 2. The third-order valence-corrected chi connectivity index (χ3v) is 3.17. The lowest BCUT2D eigenvalue weighted by Crippen LogP contribution is -2.56. The van der Waals surface area contributed by atoms with Crippen LogP contribution in [0.3, 0.4) is 0 Å². The zero-order chi connectivity index (χ0) is 18.5. The molecule has 0 radical (unpaired) electrons. The zero-order valence-corrected chi connectivity index (χ0v) is 14.7. The van der Waals surface area contributed by atoms with Crippen LogP contribution in [-0.2, 0) is 4.79 Å². The number of carbonyl (C=O) groups is 2. The van der Waals surface area contributed by atoms with Crippen LogP contribution in [-0.4, -0.2) is 24.0 Å². The van der Waals surface area contributed by atoms with Crippen LogP contribution in [0.1, 0.15) is 46.6 Å². The second-order valence-corrected chi connectivity index (χ2v) is 7.37. The molecule has 1 aromatic rings. The number of halogens is 2. The molecule has 0 unspecified atom stereocenters. The summed E-state index contributed by atoms with van der Waals surface area (Å²) in [5.41, 5.74) is -1.18. The van der Waals surface area contributed by atoms with Gasteiger partial charge in [0, 0.05) is 17.8 Å². The van der Waals surface area contributed by atoms with Crippen molar-refractivity contribution in [3.63, 3.8) is 0 Å². The van der Waals surface area contributed by atoms with Crippen molar-refractivity contribution >= 4 is 17.6 Å². The van der Waals surface area contributed by atoms with E-state index in [0.717, 1.165) is 0 Å². The molecule has 7 heteroatoms. The van der Waals surface area contributed by atoms with E-state index in [9.17, 15) is 18.4 Å². The Hall–Kier alpha value is -2.18. The van der Waals surface area contributed by atoms with Crippen LogP contribution < -0.4 is 16.0 Å². The molecule has 3 amide bonds. The Bertz CT molecular complexity index is 596. The number of hydrogen-bond acceptors (Lipinski definition) is 2. The Kier molecular flexibility index (Phi) is 6.29. The predicted octanol–water partition coefficient (Wildman–Crippen LogP) is 3.69. The van der Waals surface area contributed by atoms with Gasteiger partial charge in [-0.25, -0.2) is 13.6 Å². The normalized spacial score (nSPS) is 12.0. The zero-order valence-electron chi connectivity index (χ0n) is 14.7. The fourth-order valence-electron chi connectivity index (χ4n) is 1.82. The number of urea groups is 1. The van der Waals surface area contributed by atoms with Crippen LogP contribution in [0.2, 0.25) is 0 Å². The summed E-state index contributed by atoms with van der Waals surface area (Å²) in [7, 11) is 0. The van der Waals surface area contributed by atoms with E-state index in [0.29, 0.717) is 6.54 Å². The molecule has 0 aliphatic rings. The summed E-state index contributed by atoms with van der Waals surface area (Å²) in [5.74, 6) is -0.325. The highest BCUT2D eigenvalue weighted by atomic mass is 19.3. The van der Waals surface area contributed by atoms with Gasteiger partial charge in [0.1, 0.15) is 5.54 Å². The average molecular weight is 341 g/mol. The van der Waals surface area contributed by atoms with Crippen molar-refractivity contribution in [3.8, 4) is 0 Å². The third kappa shape index (κ3) is 6.52. The first kappa shape index (κ1) is 19.9. The first-order valence-corrected chi connectivity index (χ1v) is 7.66. The average Bonchev–Trinajstić information content (AvgIpc) is 2.43. The molecule has 0 heterocycles. The molecule has 5 nitrogen and oxygen atoms in total. The van der Waals surface area contributed by atoms with Gasteiger partial charge in [-0.3, -0.25) is 4.79 Å². The molecule has 0 spiro atoms. The van der Waals surface area contributed by atoms with E-state index in [-0.39, 0.29) is 22.6 Å². The highest BCUT2D eigenvalue weighted by Gasteiger charge is 2.30. The van der Waals surface area contributed by atoms with Gasteiger partial charge in [0.15, 0.2) is 0 Å². The molecule has 1 rings (SSSR count). The van der Waals surface area contributed by atoms with Gasteiger partial charge >= 0.3 is 6.03 Å². The van der Waals surface area contributed by atoms with Crippen molar-refractivity contribution in [2.75, 3.05) is 11.9 Å². The van der Waals surface area contributed by atoms with Crippen molar-refractivity contribution < 1.29 is 18.4 Å². The van der Waals surface area contributed by atoms with Crippen LogP contribution in [0.5, 0.6) is 0 Å². The van der Waals surface area contributed by atoms with Crippen LogP contribution in [0.25, 0.3) is 0 Å². The van der Waals surface area contributed by atoms with E-state index >= 15 is 0 Å². The fraction of sp³-hybridized carbons (Fsp3) is 0.529. The maximum Gasteiger partial charge on any atom is 0.320 e. The largest absolute Gasteiger partial charge is 0.354 e. The lowest BCUT2D eigenvalue weighted by Gasteiger charge is -2.27. The van der Waals surface area contributed by atoms with E-state index in [2.05, 4.69) is 16.0 Å². The molecule has 0 aliphatic heterocycles. The van der Waals surface area contributed by atoms with Gasteiger partial charge in [-0.15, -0.1) is 0 Å². The fourth-order valence-corrected chi connectivity index (χ4v) is 1.82. The molecule has 0 bridgehead atoms. The number of nitrogens with one attached hydrogen (secondary N) is 3. The van der Waals surface area contributed by atoms with E-state index < -0.39 is 18.0 Å². The van der Waals surface area contributed by atoms with Gasteiger partial charge in [-0.05, 0) is 31.4 Å². The minimum atomic E-state index is -2.62. The molecule has 134 valence electrons. The highest BCUT2D eigenvalue weighted by Crippen LogP contribution is 2.21. The Labute approximate surface area is 141 Å². The summed E-state index contributed by atoms with van der Waals surface area (Å²) >= 11 is 0. The van der Waals surface area contributed by atoms with Gasteiger partial charge < -0.3 is 16.0 Å². The molecular formula is C17H25F2N3O2. The maximum atomic E-state index is 12.7. The number of amides is 3. The molecule has 0 aromatic heterocycles. The van der Waals surface area contributed by atoms with Gasteiger partial charge in [-0.1, -0.05) is 32.9 Å². The minimum absolute atomic E-state index is 0.0797. The van der Waals surface area contributed by atoms with E-state index in [1.54, 1.807) is 13.8 Å². The van der Waals surface area contributed by atoms with Crippen molar-refractivity contribution in [3.05, 3.63) is 29.8 Å². The summed E-state index contributed by atoms with van der Waals surface area (Å²) in [4.78, 5) is 24.2. The Morgan fingerprint density at radius 1 is 1.12 bits per heavy atom. The molecule has 1 aromatic carbocycles. The van der Waals surface area contributed by atoms with Gasteiger partial charge in [0.25, 0.3) is 6.43 Å². The lowest BCUT2D eigenvalue weighted by atomic mass is 9.96. The Morgan fingerprint density at radius 2 is 1.75 bits per heavy atom. The molecule has 24 heavy (non-hydrogen) atoms. The molecule has 0 fully saturated rings. The van der Waals surface area contributed by atoms with E-state index in [1.165, 1.54) is 24.3 Å². The van der Waals surface area contributed by atoms with Gasteiger partial charge in [0.05, 0.1) is 0 Å². The Balaban J connectivity index is 2.65. The third-order valence-electron chi connectivity index (χ3n) is 3.17. The van der Waals surface area contributed by atoms with Gasteiger partial charge in [-0.2, -0.15) is 0 Å². The lowest BCUT2D eigenvalue weighted by molar-refractivity contribution is -0.126. The highest BCUT2D eigenvalue weighted by molar-refractivity contribution is 5.95. The number of anilines is 1. The standard InChI is InChI=1S/C17H25F2N3O2/c1-16(2,3)10-20-14(23)17(4,5)22-15(24)21-12-8-6-7-11(9-12)13(18)19/h6-9,13H,10H2,1-5H3,(H,20,23)(H2,21,22,24). The Morgan fingerprint density at radius 3 is 2.29 bits per heavy atom. The maximum absolute atomic E-state index is 12.7. The molecule has 3 N–H and O–H groups in total. The van der Waals surface area contributed by atoms with E-state index in [4.69, 9.17) is 0 Å². The second-order valence-electron chi connectivity index (χ2n) is 7.37. The van der Waals surface area contributed by atoms with E-state index in [1.807, 2.05) is 20.8 Å². The summed E-state index contributed by atoms with van der Waals surface area (Å²) < 4.78 is 25.3. The molecular weight excluding hydrogens is 316 g/mol. The predicted molar refractivity (Wildman–Crippen MR) is 90.1 cm³/mol. The topological polar surface area (TPSA) is 70.2 Å².